The molecular weight excluding hydrogens is 438 g/mol. The molecule has 178 valence electrons. The van der Waals surface area contributed by atoms with Gasteiger partial charge in [-0.25, -0.2) is 4.98 Å². The monoisotopic (exact) mass is 465 g/mol. The van der Waals surface area contributed by atoms with Gasteiger partial charge < -0.3 is 20.1 Å². The molecule has 0 radical (unpaired) electrons. The van der Waals surface area contributed by atoms with E-state index < -0.39 is 0 Å². The molecule has 0 aliphatic rings. The highest BCUT2D eigenvalue weighted by atomic mass is 16.5. The van der Waals surface area contributed by atoms with E-state index in [2.05, 4.69) is 30.6 Å². The minimum atomic E-state index is -0.382. The molecule has 0 saturated carbocycles. The Morgan fingerprint density at radius 2 is 1.85 bits per heavy atom. The van der Waals surface area contributed by atoms with Crippen molar-refractivity contribution in [3.63, 3.8) is 0 Å². The number of unbranched alkanes of at least 4 members (excludes halogenated alkanes) is 1. The molecule has 10 nitrogen and oxygen atoms in total. The van der Waals surface area contributed by atoms with E-state index in [1.807, 2.05) is 0 Å². The molecule has 0 atom stereocenters. The Labute approximate surface area is 197 Å². The number of carbonyl (C=O) groups excluding carboxylic acids is 3. The summed E-state index contributed by atoms with van der Waals surface area (Å²) < 4.78 is 10.00. The summed E-state index contributed by atoms with van der Waals surface area (Å²) in [7, 11) is 2.85. The SMILES string of the molecule is COC(=O)CCCCC(=O)NCc1ccc(NC(=O)c2cccc(-c3ccn[nH]3)n2)c(OC)c1. The number of nitrogens with one attached hydrogen (secondary N) is 3. The van der Waals surface area contributed by atoms with Crippen LogP contribution in [-0.4, -0.2) is 47.2 Å². The van der Waals surface area contributed by atoms with Crippen LogP contribution in [-0.2, 0) is 20.9 Å². The number of anilines is 1. The average molecular weight is 466 g/mol. The third kappa shape index (κ3) is 6.89. The Bertz CT molecular complexity index is 1130. The molecule has 0 aliphatic carbocycles. The van der Waals surface area contributed by atoms with Crippen LogP contribution in [0.15, 0.2) is 48.7 Å². The van der Waals surface area contributed by atoms with Gasteiger partial charge in [-0.1, -0.05) is 12.1 Å². The second kappa shape index (κ2) is 12.1. The Morgan fingerprint density at radius 1 is 1.03 bits per heavy atom. The maximum atomic E-state index is 12.7. The summed E-state index contributed by atoms with van der Waals surface area (Å²) in [5, 5.41) is 12.4. The van der Waals surface area contributed by atoms with Crippen molar-refractivity contribution in [2.75, 3.05) is 19.5 Å². The van der Waals surface area contributed by atoms with Crippen LogP contribution in [0.1, 0.15) is 41.7 Å². The van der Waals surface area contributed by atoms with Gasteiger partial charge in [-0.05, 0) is 48.7 Å². The highest BCUT2D eigenvalue weighted by molar-refractivity contribution is 6.04. The Kier molecular flexibility index (Phi) is 8.73. The van der Waals surface area contributed by atoms with E-state index >= 15 is 0 Å². The number of hydrogen-bond acceptors (Lipinski definition) is 7. The first-order valence-corrected chi connectivity index (χ1v) is 10.8. The first-order chi connectivity index (χ1) is 16.5. The Hall–Kier alpha value is -4.21. The van der Waals surface area contributed by atoms with E-state index in [1.165, 1.54) is 14.2 Å². The number of hydrogen-bond donors (Lipinski definition) is 3. The molecule has 1 aromatic carbocycles. The van der Waals surface area contributed by atoms with Gasteiger partial charge in [-0.3, -0.25) is 19.5 Å². The van der Waals surface area contributed by atoms with Gasteiger partial charge in [0.2, 0.25) is 5.91 Å². The van der Waals surface area contributed by atoms with E-state index in [4.69, 9.17) is 4.74 Å². The number of aromatic amines is 1. The predicted molar refractivity (Wildman–Crippen MR) is 125 cm³/mol. The number of ether oxygens (including phenoxy) is 2. The molecule has 34 heavy (non-hydrogen) atoms. The van der Waals surface area contributed by atoms with Crippen molar-refractivity contribution < 1.29 is 23.9 Å². The van der Waals surface area contributed by atoms with E-state index in [1.54, 1.807) is 48.7 Å². The fourth-order valence-corrected chi connectivity index (χ4v) is 3.19. The number of amides is 2. The minimum absolute atomic E-state index is 0.107. The first-order valence-electron chi connectivity index (χ1n) is 10.8. The van der Waals surface area contributed by atoms with Gasteiger partial charge >= 0.3 is 5.97 Å². The fraction of sp³-hybridized carbons (Fsp3) is 0.292. The second-order valence-corrected chi connectivity index (χ2v) is 7.43. The molecule has 0 saturated heterocycles. The summed E-state index contributed by atoms with van der Waals surface area (Å²) in [5.74, 6) is -0.305. The minimum Gasteiger partial charge on any atom is -0.495 e. The molecule has 0 aliphatic heterocycles. The van der Waals surface area contributed by atoms with Crippen LogP contribution in [0.2, 0.25) is 0 Å². The van der Waals surface area contributed by atoms with Gasteiger partial charge in [0, 0.05) is 25.6 Å². The fourth-order valence-electron chi connectivity index (χ4n) is 3.19. The maximum absolute atomic E-state index is 12.7. The van der Waals surface area contributed by atoms with Gasteiger partial charge in [0.15, 0.2) is 0 Å². The Morgan fingerprint density at radius 3 is 2.59 bits per heavy atom. The third-order valence-electron chi connectivity index (χ3n) is 5.02. The standard InChI is InChI=1S/C24H27N5O5/c1-33-21-14-16(15-25-22(30)8-3-4-9-23(31)34-2)10-11-19(21)28-24(32)20-7-5-6-17(27-20)18-12-13-26-29-18/h5-7,10-14H,3-4,8-9,15H2,1-2H3,(H,25,30)(H,26,29)(H,28,32). The summed E-state index contributed by atoms with van der Waals surface area (Å²) in [6.07, 6.45) is 3.45. The number of H-pyrrole nitrogens is 1. The first kappa shape index (κ1) is 24.4. The van der Waals surface area contributed by atoms with E-state index in [9.17, 15) is 14.4 Å². The lowest BCUT2D eigenvalue weighted by Crippen LogP contribution is -2.22. The van der Waals surface area contributed by atoms with Gasteiger partial charge in [0.1, 0.15) is 11.4 Å². The van der Waals surface area contributed by atoms with E-state index in [0.29, 0.717) is 55.1 Å². The molecule has 0 spiro atoms. The zero-order valence-corrected chi connectivity index (χ0v) is 19.1. The number of rotatable bonds is 11. The number of benzene rings is 1. The smallest absolute Gasteiger partial charge is 0.305 e. The number of methoxy groups -OCH3 is 2. The quantitative estimate of drug-likeness (QED) is 0.292. The maximum Gasteiger partial charge on any atom is 0.305 e. The van der Waals surface area contributed by atoms with Crippen LogP contribution in [0.25, 0.3) is 11.4 Å². The number of aromatic nitrogens is 3. The molecule has 3 aromatic rings. The molecule has 3 N–H and O–H groups in total. The van der Waals surface area contributed by atoms with Crippen molar-refractivity contribution in [2.24, 2.45) is 0 Å². The normalized spacial score (nSPS) is 10.4. The molecule has 10 heteroatoms. The van der Waals surface area contributed by atoms with Gasteiger partial charge in [0.05, 0.1) is 31.3 Å². The lowest BCUT2D eigenvalue weighted by atomic mass is 10.1. The van der Waals surface area contributed by atoms with Crippen molar-refractivity contribution in [3.05, 3.63) is 59.9 Å². The summed E-state index contributed by atoms with van der Waals surface area (Å²) >= 11 is 0. The molecule has 0 unspecified atom stereocenters. The van der Waals surface area contributed by atoms with Crippen molar-refractivity contribution in [3.8, 4) is 17.1 Å². The summed E-state index contributed by atoms with van der Waals surface area (Å²) in [5.41, 5.74) is 2.87. The lowest BCUT2D eigenvalue weighted by Gasteiger charge is -2.13. The second-order valence-electron chi connectivity index (χ2n) is 7.43. The van der Waals surface area contributed by atoms with E-state index in [0.717, 1.165) is 5.56 Å². The summed E-state index contributed by atoms with van der Waals surface area (Å²) in [4.78, 5) is 40.3. The largest absolute Gasteiger partial charge is 0.495 e. The number of esters is 1. The third-order valence-corrected chi connectivity index (χ3v) is 5.02. The van der Waals surface area contributed by atoms with Crippen molar-refractivity contribution >= 4 is 23.5 Å². The summed E-state index contributed by atoms with van der Waals surface area (Å²) in [6.45, 7) is 0.314. The molecule has 2 amide bonds. The van der Waals surface area contributed by atoms with Crippen LogP contribution in [0, 0.1) is 0 Å². The number of carbonyl (C=O) groups is 3. The van der Waals surface area contributed by atoms with E-state index in [-0.39, 0.29) is 23.5 Å². The molecular formula is C24H27N5O5. The average Bonchev–Trinajstić information content (AvgIpc) is 3.41. The molecule has 0 fully saturated rings. The predicted octanol–water partition coefficient (Wildman–Crippen LogP) is 3.08. The summed E-state index contributed by atoms with van der Waals surface area (Å²) in [6, 6.07) is 12.2. The van der Waals surface area contributed by atoms with Gasteiger partial charge in [-0.15, -0.1) is 0 Å². The van der Waals surface area contributed by atoms with Crippen LogP contribution < -0.4 is 15.4 Å². The highest BCUT2D eigenvalue weighted by Crippen LogP contribution is 2.26. The van der Waals surface area contributed by atoms with Crippen molar-refractivity contribution in [2.45, 2.75) is 32.2 Å². The van der Waals surface area contributed by atoms with Gasteiger partial charge in [-0.2, -0.15) is 5.10 Å². The molecule has 2 heterocycles. The number of nitrogens with zero attached hydrogens (tertiary/aromatic N) is 2. The van der Waals surface area contributed by atoms with Crippen LogP contribution in [0.5, 0.6) is 5.75 Å². The van der Waals surface area contributed by atoms with Gasteiger partial charge in [0.25, 0.3) is 5.91 Å². The zero-order valence-electron chi connectivity index (χ0n) is 19.1. The zero-order chi connectivity index (χ0) is 24.3. The lowest BCUT2D eigenvalue weighted by molar-refractivity contribution is -0.140. The molecule has 0 bridgehead atoms. The number of pyridine rings is 1. The van der Waals surface area contributed by atoms with Crippen molar-refractivity contribution in [1.82, 2.24) is 20.5 Å². The Balaban J connectivity index is 1.55. The topological polar surface area (TPSA) is 135 Å². The van der Waals surface area contributed by atoms with Crippen LogP contribution >= 0.6 is 0 Å². The van der Waals surface area contributed by atoms with Crippen molar-refractivity contribution in [1.29, 1.82) is 0 Å². The molecule has 3 rings (SSSR count). The van der Waals surface area contributed by atoms with Crippen LogP contribution in [0.4, 0.5) is 5.69 Å². The molecule has 2 aromatic heterocycles. The highest BCUT2D eigenvalue weighted by Gasteiger charge is 2.13. The van der Waals surface area contributed by atoms with Crippen LogP contribution in [0.3, 0.4) is 0 Å².